The Bertz CT molecular complexity index is 696. The van der Waals surface area contributed by atoms with Crippen LogP contribution in [0.2, 0.25) is 0 Å². The molecular weight excluding hydrogens is 358 g/mol. The Balaban J connectivity index is 0.00000288. The van der Waals surface area contributed by atoms with Crippen molar-refractivity contribution in [1.29, 1.82) is 0 Å². The van der Waals surface area contributed by atoms with Gasteiger partial charge in [-0.1, -0.05) is 6.42 Å². The van der Waals surface area contributed by atoms with Crippen molar-refractivity contribution in [3.05, 3.63) is 28.3 Å². The van der Waals surface area contributed by atoms with E-state index in [4.69, 9.17) is 10.5 Å². The summed E-state index contributed by atoms with van der Waals surface area (Å²) in [6.45, 7) is 2.07. The summed E-state index contributed by atoms with van der Waals surface area (Å²) < 4.78 is 32.2. The molecule has 0 aromatic heterocycles. The third-order valence-corrected chi connectivity index (χ3v) is 6.03. The van der Waals surface area contributed by atoms with Crippen molar-refractivity contribution >= 4 is 28.1 Å². The molecule has 1 aromatic rings. The Kier molecular flexibility index (Phi) is 6.97. The summed E-state index contributed by atoms with van der Waals surface area (Å²) in [4.78, 5) is 10.2. The summed E-state index contributed by atoms with van der Waals surface area (Å²) in [6, 6.07) is 3.06. The molecule has 1 aliphatic rings. The average molecular weight is 380 g/mol. The zero-order valence-corrected chi connectivity index (χ0v) is 15.2. The molecule has 2 unspecified atom stereocenters. The molecule has 1 heterocycles. The number of hydrogen-bond donors (Lipinski definition) is 1. The fraction of sp³-hybridized carbons (Fsp3) is 0.571. The van der Waals surface area contributed by atoms with Gasteiger partial charge in [0.1, 0.15) is 5.75 Å². The highest BCUT2D eigenvalue weighted by Gasteiger charge is 2.38. The number of hydrogen-bond acceptors (Lipinski definition) is 6. The van der Waals surface area contributed by atoms with E-state index in [-0.39, 0.29) is 35.1 Å². The number of rotatable bonds is 5. The molecule has 2 N–H and O–H groups in total. The number of piperidine rings is 1. The fourth-order valence-electron chi connectivity index (χ4n) is 2.87. The molecule has 2 atom stereocenters. The lowest BCUT2D eigenvalue weighted by atomic mass is 10.00. The minimum absolute atomic E-state index is 0. The topological polar surface area (TPSA) is 116 Å². The van der Waals surface area contributed by atoms with Gasteiger partial charge in [0.05, 0.1) is 18.1 Å². The van der Waals surface area contributed by atoms with Gasteiger partial charge in [-0.3, -0.25) is 10.1 Å². The first-order valence-electron chi connectivity index (χ1n) is 7.39. The number of nitro groups is 1. The summed E-state index contributed by atoms with van der Waals surface area (Å²) in [5, 5.41) is 11.3. The smallest absolute Gasteiger partial charge is 0.293 e. The summed E-state index contributed by atoms with van der Waals surface area (Å²) in [6.07, 6.45) is 2.26. The summed E-state index contributed by atoms with van der Waals surface area (Å²) in [7, 11) is -2.64. The van der Waals surface area contributed by atoms with Gasteiger partial charge in [0, 0.05) is 18.6 Å². The lowest BCUT2D eigenvalue weighted by Crippen LogP contribution is -2.51. The van der Waals surface area contributed by atoms with E-state index in [0.717, 1.165) is 12.5 Å². The number of sulfonamides is 1. The first-order chi connectivity index (χ1) is 10.8. The Morgan fingerprint density at radius 3 is 2.62 bits per heavy atom. The van der Waals surface area contributed by atoms with Crippen LogP contribution < -0.4 is 10.5 Å². The molecule has 1 saturated heterocycles. The highest BCUT2D eigenvalue weighted by Crippen LogP contribution is 2.33. The molecule has 0 bridgehead atoms. The quantitative estimate of drug-likeness (QED) is 0.617. The van der Waals surface area contributed by atoms with Crippen LogP contribution in [0.5, 0.6) is 5.75 Å². The van der Waals surface area contributed by atoms with Gasteiger partial charge in [0.25, 0.3) is 5.69 Å². The molecular formula is C14H22ClN3O5S. The first-order valence-corrected chi connectivity index (χ1v) is 8.83. The number of nitro benzene ring substituents is 1. The molecule has 1 aromatic carbocycles. The molecule has 2 rings (SSSR count). The molecule has 0 radical (unpaired) electrons. The van der Waals surface area contributed by atoms with Gasteiger partial charge >= 0.3 is 0 Å². The average Bonchev–Trinajstić information content (AvgIpc) is 2.54. The van der Waals surface area contributed by atoms with Crippen LogP contribution in [0.25, 0.3) is 0 Å². The SMILES string of the molecule is COc1ccc(S(=O)(=O)N2CCCCC2C(C)N)c([N+](=O)[O-])c1.Cl. The second-order valence-corrected chi connectivity index (χ2v) is 7.49. The molecule has 8 nitrogen and oxygen atoms in total. The Hall–Kier alpha value is -1.42. The molecule has 0 amide bonds. The van der Waals surface area contributed by atoms with E-state index >= 15 is 0 Å². The van der Waals surface area contributed by atoms with Crippen LogP contribution in [-0.4, -0.2) is 43.4 Å². The highest BCUT2D eigenvalue weighted by atomic mass is 35.5. The first kappa shape index (κ1) is 20.6. The number of benzene rings is 1. The maximum Gasteiger partial charge on any atom is 0.293 e. The van der Waals surface area contributed by atoms with E-state index in [1.807, 2.05) is 0 Å². The normalized spacial score (nSPS) is 20.0. The second-order valence-electron chi connectivity index (χ2n) is 5.63. The third-order valence-electron chi connectivity index (χ3n) is 4.05. The minimum atomic E-state index is -4.00. The lowest BCUT2D eigenvalue weighted by Gasteiger charge is -2.36. The zero-order valence-electron chi connectivity index (χ0n) is 13.5. The van der Waals surface area contributed by atoms with E-state index < -0.39 is 20.6 Å². The number of nitrogens with zero attached hydrogens (tertiary/aromatic N) is 2. The van der Waals surface area contributed by atoms with Crippen molar-refractivity contribution in [3.63, 3.8) is 0 Å². The maximum absolute atomic E-state index is 13.0. The molecule has 10 heteroatoms. The van der Waals surface area contributed by atoms with Gasteiger partial charge in [0.2, 0.25) is 10.0 Å². The van der Waals surface area contributed by atoms with Crippen molar-refractivity contribution in [1.82, 2.24) is 4.31 Å². The number of nitrogens with two attached hydrogens (primary N) is 1. The van der Waals surface area contributed by atoms with E-state index in [1.54, 1.807) is 6.92 Å². The van der Waals surface area contributed by atoms with Crippen molar-refractivity contribution in [3.8, 4) is 5.75 Å². The maximum atomic E-state index is 13.0. The Labute approximate surface area is 147 Å². The number of methoxy groups -OCH3 is 1. The van der Waals surface area contributed by atoms with Gasteiger partial charge in [-0.15, -0.1) is 12.4 Å². The highest BCUT2D eigenvalue weighted by molar-refractivity contribution is 7.89. The molecule has 136 valence electrons. The molecule has 1 fully saturated rings. The van der Waals surface area contributed by atoms with Gasteiger partial charge < -0.3 is 10.5 Å². The Morgan fingerprint density at radius 2 is 2.08 bits per heavy atom. The molecule has 0 spiro atoms. The second kappa shape index (κ2) is 8.11. The van der Waals surface area contributed by atoms with Crippen molar-refractivity contribution < 1.29 is 18.1 Å². The molecule has 0 saturated carbocycles. The van der Waals surface area contributed by atoms with Crippen LogP contribution in [0.1, 0.15) is 26.2 Å². The van der Waals surface area contributed by atoms with Crippen LogP contribution in [0.4, 0.5) is 5.69 Å². The summed E-state index contributed by atoms with van der Waals surface area (Å²) in [5.74, 6) is 0.234. The van der Waals surface area contributed by atoms with Crippen molar-refractivity contribution in [2.75, 3.05) is 13.7 Å². The van der Waals surface area contributed by atoms with Crippen molar-refractivity contribution in [2.45, 2.75) is 43.2 Å². The lowest BCUT2D eigenvalue weighted by molar-refractivity contribution is -0.387. The number of halogens is 1. The van der Waals surface area contributed by atoms with Crippen molar-refractivity contribution in [2.24, 2.45) is 5.73 Å². The van der Waals surface area contributed by atoms with Crippen LogP contribution in [0.3, 0.4) is 0 Å². The standard InChI is InChI=1S/C14H21N3O5S.ClH/c1-10(15)12-5-3-4-8-16(12)23(20,21)14-7-6-11(22-2)9-13(14)17(18)19;/h6-7,9-10,12H,3-5,8,15H2,1-2H3;1H. The summed E-state index contributed by atoms with van der Waals surface area (Å²) >= 11 is 0. The molecule has 0 aliphatic carbocycles. The predicted octanol–water partition coefficient (Wildman–Crippen LogP) is 1.92. The monoisotopic (exact) mass is 379 g/mol. The van der Waals surface area contributed by atoms with Gasteiger partial charge in [-0.2, -0.15) is 4.31 Å². The molecule has 1 aliphatic heterocycles. The largest absolute Gasteiger partial charge is 0.497 e. The van der Waals surface area contributed by atoms with E-state index in [2.05, 4.69) is 0 Å². The van der Waals surface area contributed by atoms with E-state index in [9.17, 15) is 18.5 Å². The minimum Gasteiger partial charge on any atom is -0.497 e. The van der Waals surface area contributed by atoms with Crippen LogP contribution in [0.15, 0.2) is 23.1 Å². The van der Waals surface area contributed by atoms with Crippen LogP contribution in [-0.2, 0) is 10.0 Å². The van der Waals surface area contributed by atoms with Gasteiger partial charge in [0.15, 0.2) is 4.90 Å². The van der Waals surface area contributed by atoms with E-state index in [1.165, 1.54) is 23.5 Å². The van der Waals surface area contributed by atoms with Gasteiger partial charge in [-0.25, -0.2) is 8.42 Å². The van der Waals surface area contributed by atoms with Gasteiger partial charge in [-0.05, 0) is 31.9 Å². The predicted molar refractivity (Wildman–Crippen MR) is 92.1 cm³/mol. The summed E-state index contributed by atoms with van der Waals surface area (Å²) in [5.41, 5.74) is 5.43. The number of ether oxygens (including phenoxy) is 1. The van der Waals surface area contributed by atoms with E-state index in [0.29, 0.717) is 19.4 Å². The van der Waals surface area contributed by atoms with Crippen LogP contribution in [0, 0.1) is 10.1 Å². The van der Waals surface area contributed by atoms with Crippen LogP contribution >= 0.6 is 12.4 Å². The Morgan fingerprint density at radius 1 is 1.42 bits per heavy atom. The third kappa shape index (κ3) is 3.97. The fourth-order valence-corrected chi connectivity index (χ4v) is 4.78. The zero-order chi connectivity index (χ0) is 17.2. The molecule has 24 heavy (non-hydrogen) atoms.